The number of nitrogens with zero attached hydrogens (tertiary/aromatic N) is 1. The number of carboxylic acid groups (broad SMARTS) is 1. The fraction of sp³-hybridized carbons (Fsp3) is 0.333. The van der Waals surface area contributed by atoms with E-state index < -0.39 is 5.97 Å². The van der Waals surface area contributed by atoms with Crippen molar-refractivity contribution in [2.24, 2.45) is 5.92 Å². The lowest BCUT2D eigenvalue weighted by atomic mass is 10.1. The average Bonchev–Trinajstić information content (AvgIpc) is 2.83. The predicted molar refractivity (Wildman–Crippen MR) is 73.0 cm³/mol. The molecule has 0 aliphatic rings. The molecule has 0 amide bonds. The summed E-state index contributed by atoms with van der Waals surface area (Å²) in [7, 11) is 0. The highest BCUT2D eigenvalue weighted by Gasteiger charge is 2.22. The van der Waals surface area contributed by atoms with Gasteiger partial charge < -0.3 is 9.52 Å². The van der Waals surface area contributed by atoms with Gasteiger partial charge in [-0.2, -0.15) is 0 Å². The number of carboxylic acids is 1. The summed E-state index contributed by atoms with van der Waals surface area (Å²) in [5.74, 6) is -0.436. The molecule has 96 valence electrons. The van der Waals surface area contributed by atoms with Crippen molar-refractivity contribution in [2.45, 2.75) is 20.3 Å². The summed E-state index contributed by atoms with van der Waals surface area (Å²) in [5, 5.41) is 11.0. The summed E-state index contributed by atoms with van der Waals surface area (Å²) in [6, 6.07) is 1.88. The first kappa shape index (κ1) is 13.3. The van der Waals surface area contributed by atoms with Crippen molar-refractivity contribution >= 4 is 33.2 Å². The van der Waals surface area contributed by atoms with E-state index in [1.807, 2.05) is 25.3 Å². The van der Waals surface area contributed by atoms with Crippen LogP contribution < -0.4 is 0 Å². The molecule has 2 aromatic heterocycles. The van der Waals surface area contributed by atoms with E-state index in [0.29, 0.717) is 23.9 Å². The van der Waals surface area contributed by atoms with Crippen LogP contribution in [0.1, 0.15) is 30.1 Å². The summed E-state index contributed by atoms with van der Waals surface area (Å²) < 4.78 is 6.23. The maximum atomic E-state index is 11.1. The minimum Gasteiger partial charge on any atom is -0.475 e. The van der Waals surface area contributed by atoms with Gasteiger partial charge in [-0.05, 0) is 39.7 Å². The molecule has 2 rings (SSSR count). The van der Waals surface area contributed by atoms with Crippen molar-refractivity contribution in [3.05, 3.63) is 27.4 Å². The number of carbonyl (C=O) groups is 1. The van der Waals surface area contributed by atoms with E-state index in [9.17, 15) is 4.79 Å². The molecule has 0 unspecified atom stereocenters. The van der Waals surface area contributed by atoms with Crippen molar-refractivity contribution < 1.29 is 14.3 Å². The number of halogens is 1. The number of rotatable bonds is 4. The molecule has 0 spiro atoms. The second-order valence-corrected chi connectivity index (χ2v) is 6.07. The third kappa shape index (κ3) is 2.64. The first-order valence-corrected chi connectivity index (χ1v) is 7.12. The fourth-order valence-electron chi connectivity index (χ4n) is 1.59. The molecule has 0 aromatic carbocycles. The maximum absolute atomic E-state index is 11.1. The molecule has 0 saturated heterocycles. The molecule has 18 heavy (non-hydrogen) atoms. The van der Waals surface area contributed by atoms with Crippen LogP contribution in [0.2, 0.25) is 0 Å². The molecule has 2 heterocycles. The van der Waals surface area contributed by atoms with E-state index in [1.54, 1.807) is 0 Å². The smallest absolute Gasteiger partial charge is 0.373 e. The second-order valence-electron chi connectivity index (χ2n) is 4.30. The summed E-state index contributed by atoms with van der Waals surface area (Å²) in [6.45, 7) is 4.03. The molecule has 2 aromatic rings. The van der Waals surface area contributed by atoms with Crippen molar-refractivity contribution in [2.75, 3.05) is 0 Å². The zero-order valence-electron chi connectivity index (χ0n) is 9.94. The summed E-state index contributed by atoms with van der Waals surface area (Å²) in [5.41, 5.74) is 0.507. The SMILES string of the molecule is CC(C)Cc1nc(-c2sccc2Br)oc1C(=O)O. The molecule has 0 atom stereocenters. The number of oxazole rings is 1. The Balaban J connectivity index is 2.45. The Kier molecular flexibility index (Phi) is 3.87. The van der Waals surface area contributed by atoms with Gasteiger partial charge in [0.05, 0.1) is 5.69 Å². The zero-order chi connectivity index (χ0) is 13.3. The molecule has 1 N–H and O–H groups in total. The molecule has 0 aliphatic carbocycles. The molecule has 0 aliphatic heterocycles. The Hall–Kier alpha value is -1.14. The van der Waals surface area contributed by atoms with E-state index >= 15 is 0 Å². The number of aromatic carboxylic acids is 1. The second kappa shape index (κ2) is 5.24. The van der Waals surface area contributed by atoms with Crippen LogP contribution in [0.3, 0.4) is 0 Å². The van der Waals surface area contributed by atoms with E-state index in [-0.39, 0.29) is 5.76 Å². The van der Waals surface area contributed by atoms with Crippen molar-refractivity contribution in [3.8, 4) is 10.8 Å². The van der Waals surface area contributed by atoms with Gasteiger partial charge in [0.25, 0.3) is 0 Å². The highest BCUT2D eigenvalue weighted by atomic mass is 79.9. The minimum atomic E-state index is -1.07. The van der Waals surface area contributed by atoms with E-state index in [2.05, 4.69) is 20.9 Å². The molecular formula is C12H12BrNO3S. The molecule has 0 fully saturated rings. The zero-order valence-corrected chi connectivity index (χ0v) is 12.3. The Morgan fingerprint density at radius 1 is 1.61 bits per heavy atom. The van der Waals surface area contributed by atoms with Gasteiger partial charge in [-0.1, -0.05) is 13.8 Å². The standard InChI is InChI=1S/C12H12BrNO3S/c1-6(2)5-8-9(12(15)16)17-11(14-8)10-7(13)3-4-18-10/h3-4,6H,5H2,1-2H3,(H,15,16). The lowest BCUT2D eigenvalue weighted by molar-refractivity contribution is 0.0661. The summed E-state index contributed by atoms with van der Waals surface area (Å²) in [4.78, 5) is 16.2. The highest BCUT2D eigenvalue weighted by molar-refractivity contribution is 9.10. The number of hydrogen-bond donors (Lipinski definition) is 1. The third-order valence-corrected chi connectivity index (χ3v) is 4.13. The Labute approximate surface area is 117 Å². The van der Waals surface area contributed by atoms with E-state index in [0.717, 1.165) is 9.35 Å². The lowest BCUT2D eigenvalue weighted by Crippen LogP contribution is -2.03. The highest BCUT2D eigenvalue weighted by Crippen LogP contribution is 2.34. The first-order valence-electron chi connectivity index (χ1n) is 5.45. The van der Waals surface area contributed by atoms with Crippen molar-refractivity contribution in [3.63, 3.8) is 0 Å². The topological polar surface area (TPSA) is 63.3 Å². The van der Waals surface area contributed by atoms with Crippen LogP contribution in [0.15, 0.2) is 20.3 Å². The number of hydrogen-bond acceptors (Lipinski definition) is 4. The van der Waals surface area contributed by atoms with Crippen LogP contribution in [0, 0.1) is 5.92 Å². The first-order chi connectivity index (χ1) is 8.49. The van der Waals surface area contributed by atoms with Gasteiger partial charge in [-0.3, -0.25) is 0 Å². The third-order valence-electron chi connectivity index (χ3n) is 2.30. The number of thiophene rings is 1. The molecule has 0 radical (unpaired) electrons. The van der Waals surface area contributed by atoms with Crippen LogP contribution in [0.25, 0.3) is 10.8 Å². The molecule has 6 heteroatoms. The Morgan fingerprint density at radius 3 is 2.83 bits per heavy atom. The molecular weight excluding hydrogens is 318 g/mol. The van der Waals surface area contributed by atoms with Gasteiger partial charge in [-0.25, -0.2) is 9.78 Å². The Bertz CT molecular complexity index is 574. The predicted octanol–water partition coefficient (Wildman–Crippen LogP) is 4.06. The lowest BCUT2D eigenvalue weighted by Gasteiger charge is -1.99. The van der Waals surface area contributed by atoms with Gasteiger partial charge in [0.15, 0.2) is 0 Å². The largest absolute Gasteiger partial charge is 0.475 e. The van der Waals surface area contributed by atoms with E-state index in [4.69, 9.17) is 9.52 Å². The van der Waals surface area contributed by atoms with Crippen LogP contribution in [-0.4, -0.2) is 16.1 Å². The van der Waals surface area contributed by atoms with Gasteiger partial charge in [0, 0.05) is 4.47 Å². The van der Waals surface area contributed by atoms with Crippen molar-refractivity contribution in [1.82, 2.24) is 4.98 Å². The monoisotopic (exact) mass is 329 g/mol. The number of aromatic nitrogens is 1. The van der Waals surface area contributed by atoms with Gasteiger partial charge >= 0.3 is 5.97 Å². The summed E-state index contributed by atoms with van der Waals surface area (Å²) >= 11 is 4.85. The molecule has 0 saturated carbocycles. The van der Waals surface area contributed by atoms with Gasteiger partial charge in [0.1, 0.15) is 4.88 Å². The van der Waals surface area contributed by atoms with Crippen LogP contribution in [0.4, 0.5) is 0 Å². The van der Waals surface area contributed by atoms with Gasteiger partial charge in [0.2, 0.25) is 11.7 Å². The van der Waals surface area contributed by atoms with Crippen molar-refractivity contribution in [1.29, 1.82) is 0 Å². The maximum Gasteiger partial charge on any atom is 0.373 e. The van der Waals surface area contributed by atoms with Gasteiger partial charge in [-0.15, -0.1) is 11.3 Å². The molecule has 4 nitrogen and oxygen atoms in total. The Morgan fingerprint density at radius 2 is 2.33 bits per heavy atom. The average molecular weight is 330 g/mol. The van der Waals surface area contributed by atoms with Crippen LogP contribution in [-0.2, 0) is 6.42 Å². The fourth-order valence-corrected chi connectivity index (χ4v) is 3.05. The quantitative estimate of drug-likeness (QED) is 0.918. The summed E-state index contributed by atoms with van der Waals surface area (Å²) in [6.07, 6.45) is 0.591. The van der Waals surface area contributed by atoms with Crippen LogP contribution in [0.5, 0.6) is 0 Å². The minimum absolute atomic E-state index is 0.0565. The molecule has 0 bridgehead atoms. The van der Waals surface area contributed by atoms with E-state index in [1.165, 1.54) is 11.3 Å². The normalized spacial score (nSPS) is 11.1. The van der Waals surface area contributed by atoms with Crippen LogP contribution >= 0.6 is 27.3 Å².